The number of aliphatic hydroxyl groups is 1. The van der Waals surface area contributed by atoms with Crippen molar-refractivity contribution in [3.8, 4) is 18.1 Å². The summed E-state index contributed by atoms with van der Waals surface area (Å²) >= 11 is 0. The summed E-state index contributed by atoms with van der Waals surface area (Å²) in [6.07, 6.45) is 8.61. The van der Waals surface area contributed by atoms with E-state index in [4.69, 9.17) is 11.2 Å². The molecule has 0 fully saturated rings. The third kappa shape index (κ3) is 5.51. The molecule has 2 atom stereocenters. The van der Waals surface area contributed by atoms with Crippen molar-refractivity contribution in [1.29, 1.82) is 0 Å². The van der Waals surface area contributed by atoms with E-state index in [2.05, 4.69) is 35.5 Å². The number of rotatable bonds is 7. The predicted molar refractivity (Wildman–Crippen MR) is 108 cm³/mol. The van der Waals surface area contributed by atoms with Gasteiger partial charge in [-0.25, -0.2) is 0 Å². The summed E-state index contributed by atoms with van der Waals surface area (Å²) in [5, 5.41) is 13.9. The monoisotopic (exact) mass is 371 g/mol. The van der Waals surface area contributed by atoms with Gasteiger partial charge in [0.2, 0.25) is 0 Å². The maximum Gasteiger partial charge on any atom is 0.148 e. The summed E-state index contributed by atoms with van der Waals surface area (Å²) in [4.78, 5) is 0. The molecule has 0 heterocycles. The molecule has 0 radical (unpaired) electrons. The number of para-hydroxylation sites is 1. The van der Waals surface area contributed by atoms with E-state index in [1.165, 1.54) is 11.1 Å². The van der Waals surface area contributed by atoms with E-state index >= 15 is 0 Å². The lowest BCUT2D eigenvalue weighted by Crippen LogP contribution is -2.39. The third-order valence-corrected chi connectivity index (χ3v) is 4.73. The Balaban J connectivity index is 0.00000243. The Morgan fingerprint density at radius 3 is 2.69 bits per heavy atom. The van der Waals surface area contributed by atoms with Crippen LogP contribution in [0.2, 0.25) is 0 Å². The third-order valence-electron chi connectivity index (χ3n) is 4.73. The van der Waals surface area contributed by atoms with Crippen LogP contribution in [0.15, 0.2) is 48.5 Å². The standard InChI is InChI=1S/C22H25NO2.ClH/c1-2-13-25-22-10-6-5-9-19(22)15-21(24)16-23-20-12-11-17-7-3-4-8-18(17)14-20;/h1,3-10,20-21,23-24H,11-16H2;1H. The predicted octanol–water partition coefficient (Wildman–Crippen LogP) is 3.17. The zero-order valence-electron chi connectivity index (χ0n) is 14.9. The highest BCUT2D eigenvalue weighted by molar-refractivity contribution is 5.85. The summed E-state index contributed by atoms with van der Waals surface area (Å²) in [6, 6.07) is 16.8. The molecule has 4 heteroatoms. The summed E-state index contributed by atoms with van der Waals surface area (Å²) in [6.45, 7) is 0.823. The van der Waals surface area contributed by atoms with Crippen LogP contribution in [-0.4, -0.2) is 30.4 Å². The zero-order chi connectivity index (χ0) is 17.5. The van der Waals surface area contributed by atoms with Gasteiger partial charge in [0.1, 0.15) is 12.4 Å². The SMILES string of the molecule is C#CCOc1ccccc1CC(O)CNC1CCc2ccccc2C1.Cl. The fourth-order valence-electron chi connectivity index (χ4n) is 3.43. The minimum absolute atomic E-state index is 0. The molecule has 0 saturated heterocycles. The Morgan fingerprint density at radius 2 is 1.88 bits per heavy atom. The van der Waals surface area contributed by atoms with Gasteiger partial charge in [-0.2, -0.15) is 0 Å². The molecule has 2 aromatic rings. The Morgan fingerprint density at radius 1 is 1.15 bits per heavy atom. The van der Waals surface area contributed by atoms with E-state index in [9.17, 15) is 5.11 Å². The molecule has 0 aliphatic heterocycles. The van der Waals surface area contributed by atoms with Crippen LogP contribution in [0.1, 0.15) is 23.1 Å². The van der Waals surface area contributed by atoms with Crippen molar-refractivity contribution in [3.05, 3.63) is 65.2 Å². The van der Waals surface area contributed by atoms with Crippen molar-refractivity contribution < 1.29 is 9.84 Å². The lowest BCUT2D eigenvalue weighted by molar-refractivity contribution is 0.164. The maximum atomic E-state index is 10.4. The maximum absolute atomic E-state index is 10.4. The number of fused-ring (bicyclic) bond motifs is 1. The molecule has 138 valence electrons. The molecule has 3 rings (SSSR count). The molecule has 0 aromatic heterocycles. The van der Waals surface area contributed by atoms with Gasteiger partial charge in [0.05, 0.1) is 6.10 Å². The minimum atomic E-state index is -0.451. The van der Waals surface area contributed by atoms with Crippen LogP contribution in [0.25, 0.3) is 0 Å². The number of hydrogen-bond acceptors (Lipinski definition) is 3. The van der Waals surface area contributed by atoms with Gasteiger partial charge in [-0.3, -0.25) is 0 Å². The summed E-state index contributed by atoms with van der Waals surface area (Å²) in [7, 11) is 0. The summed E-state index contributed by atoms with van der Waals surface area (Å²) < 4.78 is 5.55. The molecule has 2 unspecified atom stereocenters. The number of ether oxygens (including phenoxy) is 1. The molecule has 0 saturated carbocycles. The first-order chi connectivity index (χ1) is 12.3. The molecule has 2 aromatic carbocycles. The summed E-state index contributed by atoms with van der Waals surface area (Å²) in [5.41, 5.74) is 3.87. The second-order valence-electron chi connectivity index (χ2n) is 6.58. The van der Waals surface area contributed by atoms with Crippen LogP contribution >= 0.6 is 12.4 Å². The van der Waals surface area contributed by atoms with E-state index in [1.54, 1.807) is 0 Å². The number of nitrogens with one attached hydrogen (secondary N) is 1. The number of terminal acetylenes is 1. The quantitative estimate of drug-likeness (QED) is 0.734. The van der Waals surface area contributed by atoms with E-state index in [0.29, 0.717) is 19.0 Å². The number of hydrogen-bond donors (Lipinski definition) is 2. The highest BCUT2D eigenvalue weighted by Crippen LogP contribution is 2.22. The van der Waals surface area contributed by atoms with Gasteiger partial charge in [-0.05, 0) is 42.0 Å². The van der Waals surface area contributed by atoms with Gasteiger partial charge in [0, 0.05) is 19.0 Å². The molecule has 0 spiro atoms. The Kier molecular flexibility index (Phi) is 8.00. The molecule has 1 aliphatic rings. The second-order valence-corrected chi connectivity index (χ2v) is 6.58. The highest BCUT2D eigenvalue weighted by Gasteiger charge is 2.19. The molecule has 1 aliphatic carbocycles. The lowest BCUT2D eigenvalue weighted by atomic mass is 9.88. The van der Waals surface area contributed by atoms with Gasteiger partial charge < -0.3 is 15.2 Å². The fourth-order valence-corrected chi connectivity index (χ4v) is 3.43. The van der Waals surface area contributed by atoms with Crippen LogP contribution in [0.4, 0.5) is 0 Å². The van der Waals surface area contributed by atoms with Crippen molar-refractivity contribution in [1.82, 2.24) is 5.32 Å². The zero-order valence-corrected chi connectivity index (χ0v) is 15.7. The molecule has 26 heavy (non-hydrogen) atoms. The normalized spacial score (nSPS) is 16.7. The Bertz CT molecular complexity index is 741. The van der Waals surface area contributed by atoms with Crippen LogP contribution in [0.3, 0.4) is 0 Å². The van der Waals surface area contributed by atoms with E-state index in [-0.39, 0.29) is 19.0 Å². The Labute approximate surface area is 162 Å². The van der Waals surface area contributed by atoms with Gasteiger partial charge in [-0.1, -0.05) is 48.4 Å². The minimum Gasteiger partial charge on any atom is -0.481 e. The first kappa shape index (κ1) is 20.3. The number of benzene rings is 2. The molecular weight excluding hydrogens is 346 g/mol. The second kappa shape index (κ2) is 10.2. The van der Waals surface area contributed by atoms with Gasteiger partial charge in [0.25, 0.3) is 0 Å². The van der Waals surface area contributed by atoms with Gasteiger partial charge in [0.15, 0.2) is 0 Å². The van der Waals surface area contributed by atoms with Gasteiger partial charge >= 0.3 is 0 Å². The van der Waals surface area contributed by atoms with E-state index in [0.717, 1.165) is 30.6 Å². The average Bonchev–Trinajstić information content (AvgIpc) is 2.65. The number of aryl methyl sites for hydroxylation is 1. The van der Waals surface area contributed by atoms with Crippen molar-refractivity contribution >= 4 is 12.4 Å². The van der Waals surface area contributed by atoms with Crippen LogP contribution in [0.5, 0.6) is 5.75 Å². The lowest BCUT2D eigenvalue weighted by Gasteiger charge is -2.26. The van der Waals surface area contributed by atoms with Crippen LogP contribution in [0, 0.1) is 12.3 Å². The molecule has 3 nitrogen and oxygen atoms in total. The first-order valence-corrected chi connectivity index (χ1v) is 8.88. The van der Waals surface area contributed by atoms with Crippen molar-refractivity contribution in [2.45, 2.75) is 37.8 Å². The largest absolute Gasteiger partial charge is 0.481 e. The average molecular weight is 372 g/mol. The molecule has 2 N–H and O–H groups in total. The van der Waals surface area contributed by atoms with E-state index in [1.807, 2.05) is 24.3 Å². The number of halogens is 1. The van der Waals surface area contributed by atoms with Crippen LogP contribution < -0.4 is 10.1 Å². The van der Waals surface area contributed by atoms with Crippen molar-refractivity contribution in [2.75, 3.05) is 13.2 Å². The fraction of sp³-hybridized carbons (Fsp3) is 0.364. The topological polar surface area (TPSA) is 41.5 Å². The number of aliphatic hydroxyl groups excluding tert-OH is 1. The highest BCUT2D eigenvalue weighted by atomic mass is 35.5. The van der Waals surface area contributed by atoms with Crippen LogP contribution in [-0.2, 0) is 19.3 Å². The smallest absolute Gasteiger partial charge is 0.148 e. The molecule has 0 bridgehead atoms. The molecule has 0 amide bonds. The molecular formula is C22H26ClNO2. The first-order valence-electron chi connectivity index (χ1n) is 8.88. The van der Waals surface area contributed by atoms with Crippen molar-refractivity contribution in [3.63, 3.8) is 0 Å². The van der Waals surface area contributed by atoms with Gasteiger partial charge in [-0.15, -0.1) is 18.8 Å². The van der Waals surface area contributed by atoms with Crippen molar-refractivity contribution in [2.24, 2.45) is 0 Å². The Hall–Kier alpha value is -1.99. The summed E-state index contributed by atoms with van der Waals surface area (Å²) in [5.74, 6) is 3.23. The van der Waals surface area contributed by atoms with E-state index < -0.39 is 6.10 Å².